The number of nitrogens with zero attached hydrogens (tertiary/aromatic N) is 1. The quantitative estimate of drug-likeness (QED) is 0.817. The van der Waals surface area contributed by atoms with Crippen molar-refractivity contribution in [3.63, 3.8) is 0 Å². The number of nitrogens with two attached hydrogens (primary N) is 1. The van der Waals surface area contributed by atoms with E-state index in [4.69, 9.17) is 10.5 Å². The molecule has 2 aliphatic rings. The molecule has 0 spiro atoms. The van der Waals surface area contributed by atoms with E-state index in [1.165, 1.54) is 32.2 Å². The maximum Gasteiger partial charge on any atom is 0.0703 e. The lowest BCUT2D eigenvalue weighted by Gasteiger charge is -2.49. The van der Waals surface area contributed by atoms with Crippen molar-refractivity contribution >= 4 is 0 Å². The van der Waals surface area contributed by atoms with E-state index in [0.29, 0.717) is 11.6 Å². The molecule has 0 amide bonds. The predicted octanol–water partition coefficient (Wildman–Crippen LogP) is 2.00. The van der Waals surface area contributed by atoms with E-state index in [1.807, 2.05) is 0 Å². The number of ether oxygens (including phenoxy) is 1. The third-order valence-corrected chi connectivity index (χ3v) is 4.76. The molecule has 0 aliphatic carbocycles. The lowest BCUT2D eigenvalue weighted by atomic mass is 9.77. The Kier molecular flexibility index (Phi) is 4.45. The molecule has 3 nitrogen and oxygen atoms in total. The molecule has 0 aromatic carbocycles. The Morgan fingerprint density at radius 3 is 2.76 bits per heavy atom. The van der Waals surface area contributed by atoms with Gasteiger partial charge in [-0.2, -0.15) is 0 Å². The summed E-state index contributed by atoms with van der Waals surface area (Å²) >= 11 is 0. The van der Waals surface area contributed by atoms with Crippen LogP contribution < -0.4 is 5.73 Å². The molecular weight excluding hydrogens is 212 g/mol. The first-order valence-corrected chi connectivity index (χ1v) is 7.21. The second-order valence-corrected chi connectivity index (χ2v) is 6.15. The number of likely N-dealkylation sites (tertiary alicyclic amines) is 1. The van der Waals surface area contributed by atoms with E-state index >= 15 is 0 Å². The van der Waals surface area contributed by atoms with Gasteiger partial charge in [0.25, 0.3) is 0 Å². The Balaban J connectivity index is 1.94. The van der Waals surface area contributed by atoms with Crippen molar-refractivity contribution in [1.29, 1.82) is 0 Å². The third kappa shape index (κ3) is 3.01. The summed E-state index contributed by atoms with van der Waals surface area (Å²) in [6.45, 7) is 8.91. The van der Waals surface area contributed by atoms with Gasteiger partial charge in [-0.25, -0.2) is 0 Å². The van der Waals surface area contributed by atoms with Crippen LogP contribution in [0.4, 0.5) is 0 Å². The van der Waals surface area contributed by atoms with Crippen LogP contribution in [0.15, 0.2) is 0 Å². The summed E-state index contributed by atoms with van der Waals surface area (Å²) in [6.07, 6.45) is 6.78. The largest absolute Gasteiger partial charge is 0.377 e. The van der Waals surface area contributed by atoms with Crippen molar-refractivity contribution in [3.05, 3.63) is 0 Å². The Bertz CT molecular complexity index is 234. The van der Waals surface area contributed by atoms with E-state index in [1.54, 1.807) is 0 Å². The topological polar surface area (TPSA) is 38.5 Å². The summed E-state index contributed by atoms with van der Waals surface area (Å²) in [4.78, 5) is 2.65. The molecule has 2 rings (SSSR count). The molecule has 100 valence electrons. The standard InChI is InChI=1S/C14H28N2O/c1-14(2)12(7-8-15)5-3-9-16(14)11-13-6-4-10-17-13/h12-13H,3-11,15H2,1-2H3. The molecule has 17 heavy (non-hydrogen) atoms. The monoisotopic (exact) mass is 240 g/mol. The number of rotatable bonds is 4. The van der Waals surface area contributed by atoms with Crippen molar-refractivity contribution in [1.82, 2.24) is 4.90 Å². The average molecular weight is 240 g/mol. The molecule has 0 aromatic rings. The highest BCUT2D eigenvalue weighted by Gasteiger charge is 2.38. The van der Waals surface area contributed by atoms with Gasteiger partial charge in [0.05, 0.1) is 6.10 Å². The van der Waals surface area contributed by atoms with Gasteiger partial charge in [-0.05, 0) is 65.0 Å². The molecule has 0 radical (unpaired) electrons. The van der Waals surface area contributed by atoms with Gasteiger partial charge in [0, 0.05) is 18.7 Å². The molecule has 2 unspecified atom stereocenters. The van der Waals surface area contributed by atoms with Crippen LogP contribution >= 0.6 is 0 Å². The fourth-order valence-corrected chi connectivity index (χ4v) is 3.49. The highest BCUT2D eigenvalue weighted by molar-refractivity contribution is 4.93. The second kappa shape index (κ2) is 5.68. The molecule has 2 fully saturated rings. The number of hydrogen-bond acceptors (Lipinski definition) is 3. The van der Waals surface area contributed by atoms with E-state index < -0.39 is 0 Å². The minimum absolute atomic E-state index is 0.295. The first-order chi connectivity index (χ1) is 8.14. The fourth-order valence-electron chi connectivity index (χ4n) is 3.49. The van der Waals surface area contributed by atoms with Gasteiger partial charge in [0.1, 0.15) is 0 Å². The van der Waals surface area contributed by atoms with Gasteiger partial charge in [0.2, 0.25) is 0 Å². The molecule has 0 bridgehead atoms. The van der Waals surface area contributed by atoms with E-state index in [9.17, 15) is 0 Å². The molecule has 2 saturated heterocycles. The molecule has 3 heteroatoms. The molecule has 0 aromatic heterocycles. The molecule has 2 heterocycles. The van der Waals surface area contributed by atoms with Crippen LogP contribution in [0, 0.1) is 5.92 Å². The zero-order valence-electron chi connectivity index (χ0n) is 11.5. The highest BCUT2D eigenvalue weighted by atomic mass is 16.5. The van der Waals surface area contributed by atoms with Crippen molar-refractivity contribution in [3.8, 4) is 0 Å². The van der Waals surface area contributed by atoms with Gasteiger partial charge < -0.3 is 10.5 Å². The van der Waals surface area contributed by atoms with Crippen LogP contribution in [0.5, 0.6) is 0 Å². The summed E-state index contributed by atoms with van der Waals surface area (Å²) in [5.41, 5.74) is 6.04. The molecule has 2 aliphatic heterocycles. The summed E-state index contributed by atoms with van der Waals surface area (Å²) in [7, 11) is 0. The van der Waals surface area contributed by atoms with Gasteiger partial charge in [-0.15, -0.1) is 0 Å². The molecular formula is C14H28N2O. The zero-order chi connectivity index (χ0) is 12.3. The van der Waals surface area contributed by atoms with Crippen LogP contribution in [0.3, 0.4) is 0 Å². The Morgan fingerprint density at radius 1 is 1.29 bits per heavy atom. The lowest BCUT2D eigenvalue weighted by Crippen LogP contribution is -2.55. The Labute approximate surface area is 106 Å². The highest BCUT2D eigenvalue weighted by Crippen LogP contribution is 2.35. The predicted molar refractivity (Wildman–Crippen MR) is 71.0 cm³/mol. The molecule has 2 N–H and O–H groups in total. The van der Waals surface area contributed by atoms with Crippen LogP contribution in [0.1, 0.15) is 46.0 Å². The van der Waals surface area contributed by atoms with Crippen LogP contribution in [0.25, 0.3) is 0 Å². The SMILES string of the molecule is CC1(C)C(CCN)CCCN1CC1CCCO1. The third-order valence-electron chi connectivity index (χ3n) is 4.76. The normalized spacial score (nSPS) is 34.1. The maximum absolute atomic E-state index is 5.78. The van der Waals surface area contributed by atoms with Crippen LogP contribution in [-0.4, -0.2) is 42.8 Å². The van der Waals surface area contributed by atoms with E-state index in [0.717, 1.165) is 32.0 Å². The van der Waals surface area contributed by atoms with Crippen molar-refractivity contribution in [2.75, 3.05) is 26.2 Å². The lowest BCUT2D eigenvalue weighted by molar-refractivity contribution is -0.0200. The maximum atomic E-state index is 5.78. The van der Waals surface area contributed by atoms with Crippen molar-refractivity contribution in [2.24, 2.45) is 11.7 Å². The summed E-state index contributed by atoms with van der Waals surface area (Å²) in [5.74, 6) is 0.752. The number of piperidine rings is 1. The first kappa shape index (κ1) is 13.3. The summed E-state index contributed by atoms with van der Waals surface area (Å²) in [6, 6.07) is 0. The minimum atomic E-state index is 0.295. The Morgan fingerprint density at radius 2 is 2.12 bits per heavy atom. The number of hydrogen-bond donors (Lipinski definition) is 1. The molecule has 2 atom stereocenters. The zero-order valence-corrected chi connectivity index (χ0v) is 11.5. The van der Waals surface area contributed by atoms with Crippen LogP contribution in [-0.2, 0) is 4.74 Å². The second-order valence-electron chi connectivity index (χ2n) is 6.15. The smallest absolute Gasteiger partial charge is 0.0703 e. The van der Waals surface area contributed by atoms with Gasteiger partial charge in [0.15, 0.2) is 0 Å². The van der Waals surface area contributed by atoms with E-state index in [2.05, 4.69) is 18.7 Å². The fraction of sp³-hybridized carbons (Fsp3) is 1.00. The Hall–Kier alpha value is -0.120. The van der Waals surface area contributed by atoms with Crippen molar-refractivity contribution < 1.29 is 4.74 Å². The van der Waals surface area contributed by atoms with Crippen LogP contribution in [0.2, 0.25) is 0 Å². The average Bonchev–Trinajstić information content (AvgIpc) is 2.77. The van der Waals surface area contributed by atoms with Gasteiger partial charge >= 0.3 is 0 Å². The van der Waals surface area contributed by atoms with Gasteiger partial charge in [-0.1, -0.05) is 0 Å². The molecule has 0 saturated carbocycles. The van der Waals surface area contributed by atoms with Crippen molar-refractivity contribution in [2.45, 2.75) is 57.6 Å². The van der Waals surface area contributed by atoms with Gasteiger partial charge in [-0.3, -0.25) is 4.90 Å². The minimum Gasteiger partial charge on any atom is -0.377 e. The summed E-state index contributed by atoms with van der Waals surface area (Å²) < 4.78 is 5.78. The first-order valence-electron chi connectivity index (χ1n) is 7.21. The van der Waals surface area contributed by atoms with E-state index in [-0.39, 0.29) is 0 Å². The summed E-state index contributed by atoms with van der Waals surface area (Å²) in [5, 5.41) is 0.